The van der Waals surface area contributed by atoms with Crippen molar-refractivity contribution in [1.29, 1.82) is 0 Å². The summed E-state index contributed by atoms with van der Waals surface area (Å²) >= 11 is 0. The number of hydrogen-bond acceptors (Lipinski definition) is 3. The number of carboxylic acids is 1. The van der Waals surface area contributed by atoms with Crippen molar-refractivity contribution < 1.29 is 19.5 Å². The number of amides is 3. The Bertz CT molecular complexity index is 744. The number of hydrogen-bond donors (Lipinski definition) is 4. The summed E-state index contributed by atoms with van der Waals surface area (Å²) in [6, 6.07) is 7.26. The minimum absolute atomic E-state index is 0.0326. The van der Waals surface area contributed by atoms with Gasteiger partial charge in [-0.3, -0.25) is 4.79 Å². The summed E-state index contributed by atoms with van der Waals surface area (Å²) in [6.07, 6.45) is 7.20. The third-order valence-electron chi connectivity index (χ3n) is 6.74. The maximum atomic E-state index is 12.4. The SMILES string of the molecule is O=C(CCNC(=O)NC12CC3CC(CC(C3)C1)C2)N[C@@H](C(=O)O)c1ccccc1. The minimum Gasteiger partial charge on any atom is -0.479 e. The molecule has 5 rings (SSSR count). The van der Waals surface area contributed by atoms with Crippen LogP contribution in [0.25, 0.3) is 0 Å². The van der Waals surface area contributed by atoms with Crippen molar-refractivity contribution in [3.8, 4) is 0 Å². The second kappa shape index (κ2) is 8.05. The standard InChI is InChI=1S/C22H29N3O4/c26-18(24-19(20(27)28)17-4-2-1-3-5-17)6-7-23-21(29)25-22-11-14-8-15(12-22)10-16(9-14)13-22/h1-5,14-16,19H,6-13H2,(H,24,26)(H,27,28)(H2,23,25,29)/t14?,15?,16?,19-,22?/m1/s1. The Labute approximate surface area is 170 Å². The highest BCUT2D eigenvalue weighted by Gasteiger charge is 2.51. The number of rotatable bonds is 7. The average Bonchev–Trinajstić information content (AvgIpc) is 2.65. The van der Waals surface area contributed by atoms with Gasteiger partial charge in [0.1, 0.15) is 0 Å². The quantitative estimate of drug-likeness (QED) is 0.565. The van der Waals surface area contributed by atoms with Crippen molar-refractivity contribution in [1.82, 2.24) is 16.0 Å². The van der Waals surface area contributed by atoms with E-state index in [1.54, 1.807) is 30.3 Å². The number of carbonyl (C=O) groups excluding carboxylic acids is 2. The fraction of sp³-hybridized carbons (Fsp3) is 0.591. The molecule has 4 aliphatic rings. The largest absolute Gasteiger partial charge is 0.479 e. The Morgan fingerprint density at radius 1 is 1.00 bits per heavy atom. The zero-order chi connectivity index (χ0) is 20.4. The first-order valence-corrected chi connectivity index (χ1v) is 10.6. The number of urea groups is 1. The Balaban J connectivity index is 1.23. The normalized spacial score (nSPS) is 30.4. The molecule has 4 aliphatic carbocycles. The van der Waals surface area contributed by atoms with Crippen molar-refractivity contribution in [3.05, 3.63) is 35.9 Å². The molecule has 7 heteroatoms. The fourth-order valence-electron chi connectivity index (χ4n) is 6.00. The predicted octanol–water partition coefficient (Wildman–Crippen LogP) is 2.59. The van der Waals surface area contributed by atoms with Crippen molar-refractivity contribution in [2.24, 2.45) is 17.8 Å². The first kappa shape index (κ1) is 19.7. The van der Waals surface area contributed by atoms with Crippen LogP contribution in [0.15, 0.2) is 30.3 Å². The number of aliphatic carboxylic acids is 1. The fourth-order valence-corrected chi connectivity index (χ4v) is 6.00. The lowest BCUT2D eigenvalue weighted by Crippen LogP contribution is -2.61. The topological polar surface area (TPSA) is 108 Å². The summed E-state index contributed by atoms with van der Waals surface area (Å²) in [7, 11) is 0. The molecule has 29 heavy (non-hydrogen) atoms. The maximum absolute atomic E-state index is 12.4. The van der Waals surface area contributed by atoms with E-state index in [1.807, 2.05) is 0 Å². The van der Waals surface area contributed by atoms with Crippen LogP contribution >= 0.6 is 0 Å². The van der Waals surface area contributed by atoms with Gasteiger partial charge in [0.2, 0.25) is 5.91 Å². The van der Waals surface area contributed by atoms with E-state index >= 15 is 0 Å². The molecule has 4 fully saturated rings. The molecular formula is C22H29N3O4. The van der Waals surface area contributed by atoms with Crippen LogP contribution in [-0.4, -0.2) is 35.1 Å². The highest BCUT2D eigenvalue weighted by molar-refractivity contribution is 5.85. The summed E-state index contributed by atoms with van der Waals surface area (Å²) in [5.41, 5.74) is 0.448. The Kier molecular flexibility index (Phi) is 5.48. The third kappa shape index (κ3) is 4.54. The van der Waals surface area contributed by atoms with Crippen molar-refractivity contribution >= 4 is 17.9 Å². The van der Waals surface area contributed by atoms with Crippen LogP contribution in [0, 0.1) is 17.8 Å². The molecule has 1 atom stereocenters. The maximum Gasteiger partial charge on any atom is 0.330 e. The van der Waals surface area contributed by atoms with E-state index in [0.717, 1.165) is 37.0 Å². The van der Waals surface area contributed by atoms with Crippen molar-refractivity contribution in [3.63, 3.8) is 0 Å². The van der Waals surface area contributed by atoms with Crippen LogP contribution in [0.3, 0.4) is 0 Å². The lowest BCUT2D eigenvalue weighted by atomic mass is 9.53. The monoisotopic (exact) mass is 399 g/mol. The number of carbonyl (C=O) groups is 3. The van der Waals surface area contributed by atoms with E-state index in [9.17, 15) is 19.5 Å². The van der Waals surface area contributed by atoms with E-state index in [1.165, 1.54) is 19.3 Å². The Morgan fingerprint density at radius 3 is 2.14 bits per heavy atom. The van der Waals surface area contributed by atoms with Crippen LogP contribution in [0.4, 0.5) is 4.79 Å². The molecule has 4 N–H and O–H groups in total. The number of carboxylic acid groups (broad SMARTS) is 1. The van der Waals surface area contributed by atoms with Crippen LogP contribution in [0.2, 0.25) is 0 Å². The Hall–Kier alpha value is -2.57. The average molecular weight is 399 g/mol. The molecule has 0 aromatic heterocycles. The lowest BCUT2D eigenvalue weighted by molar-refractivity contribution is -0.142. The molecule has 0 aliphatic heterocycles. The summed E-state index contributed by atoms with van der Waals surface area (Å²) < 4.78 is 0. The summed E-state index contributed by atoms with van der Waals surface area (Å²) in [5, 5.41) is 17.9. The van der Waals surface area contributed by atoms with E-state index < -0.39 is 17.9 Å². The van der Waals surface area contributed by atoms with E-state index in [-0.39, 0.29) is 24.5 Å². The smallest absolute Gasteiger partial charge is 0.330 e. The van der Waals surface area contributed by atoms with Gasteiger partial charge in [0.05, 0.1) is 0 Å². The predicted molar refractivity (Wildman–Crippen MR) is 107 cm³/mol. The van der Waals surface area contributed by atoms with Crippen LogP contribution in [0.1, 0.15) is 56.6 Å². The van der Waals surface area contributed by atoms with Gasteiger partial charge in [-0.05, 0) is 61.8 Å². The van der Waals surface area contributed by atoms with Gasteiger partial charge in [0.15, 0.2) is 6.04 Å². The van der Waals surface area contributed by atoms with Gasteiger partial charge in [-0.1, -0.05) is 30.3 Å². The van der Waals surface area contributed by atoms with Crippen molar-refractivity contribution in [2.45, 2.75) is 56.5 Å². The summed E-state index contributed by atoms with van der Waals surface area (Å²) in [4.78, 5) is 36.1. The molecule has 4 bridgehead atoms. The molecule has 4 saturated carbocycles. The van der Waals surface area contributed by atoms with Gasteiger partial charge < -0.3 is 21.1 Å². The molecule has 1 aromatic rings. The molecule has 0 heterocycles. The highest BCUT2D eigenvalue weighted by atomic mass is 16.4. The number of nitrogens with one attached hydrogen (secondary N) is 3. The van der Waals surface area contributed by atoms with Crippen LogP contribution < -0.4 is 16.0 Å². The van der Waals surface area contributed by atoms with Crippen LogP contribution in [-0.2, 0) is 9.59 Å². The second-order valence-corrected chi connectivity index (χ2v) is 9.08. The highest BCUT2D eigenvalue weighted by Crippen LogP contribution is 2.55. The van der Waals surface area contributed by atoms with E-state index in [2.05, 4.69) is 16.0 Å². The lowest BCUT2D eigenvalue weighted by Gasteiger charge is -2.56. The van der Waals surface area contributed by atoms with Gasteiger partial charge in [0.25, 0.3) is 0 Å². The van der Waals surface area contributed by atoms with E-state index in [4.69, 9.17) is 0 Å². The van der Waals surface area contributed by atoms with Gasteiger partial charge in [-0.2, -0.15) is 0 Å². The summed E-state index contributed by atoms with van der Waals surface area (Å²) in [5.74, 6) is 0.725. The second-order valence-electron chi connectivity index (χ2n) is 9.08. The molecule has 156 valence electrons. The molecule has 0 saturated heterocycles. The van der Waals surface area contributed by atoms with Gasteiger partial charge in [0, 0.05) is 18.5 Å². The molecule has 7 nitrogen and oxygen atoms in total. The molecule has 3 amide bonds. The van der Waals surface area contributed by atoms with Crippen LogP contribution in [0.5, 0.6) is 0 Å². The first-order valence-electron chi connectivity index (χ1n) is 10.6. The van der Waals surface area contributed by atoms with Gasteiger partial charge >= 0.3 is 12.0 Å². The third-order valence-corrected chi connectivity index (χ3v) is 6.74. The van der Waals surface area contributed by atoms with Gasteiger partial charge in [-0.15, -0.1) is 0 Å². The molecule has 0 radical (unpaired) electrons. The first-order chi connectivity index (χ1) is 13.9. The summed E-state index contributed by atoms with van der Waals surface area (Å²) in [6.45, 7) is 0.172. The zero-order valence-electron chi connectivity index (χ0n) is 16.5. The molecule has 0 unspecified atom stereocenters. The van der Waals surface area contributed by atoms with E-state index in [0.29, 0.717) is 5.56 Å². The molecule has 1 aromatic carbocycles. The van der Waals surface area contributed by atoms with Gasteiger partial charge in [-0.25, -0.2) is 9.59 Å². The van der Waals surface area contributed by atoms with Crippen molar-refractivity contribution in [2.75, 3.05) is 6.54 Å². The minimum atomic E-state index is -1.11. The molecule has 0 spiro atoms. The zero-order valence-corrected chi connectivity index (χ0v) is 16.5. The Morgan fingerprint density at radius 2 is 1.59 bits per heavy atom. The number of benzene rings is 1. The molecular weight excluding hydrogens is 370 g/mol.